The van der Waals surface area contributed by atoms with Crippen LogP contribution in [-0.2, 0) is 0 Å². The van der Waals surface area contributed by atoms with Crippen LogP contribution in [0.15, 0.2) is 41.0 Å². The monoisotopic (exact) mass is 287 g/mol. The van der Waals surface area contributed by atoms with E-state index in [1.165, 1.54) is 5.56 Å². The van der Waals surface area contributed by atoms with Crippen LogP contribution in [0.3, 0.4) is 0 Å². The van der Waals surface area contributed by atoms with Gasteiger partial charge < -0.3 is 5.32 Å². The molecular formula is C13H10BrN3. The summed E-state index contributed by atoms with van der Waals surface area (Å²) in [5.41, 5.74) is 2.70. The number of halogens is 1. The largest absolute Gasteiger partial charge is 0.339 e. The molecule has 1 aromatic heterocycles. The molecule has 1 aromatic carbocycles. The minimum absolute atomic E-state index is 0.554. The third kappa shape index (κ3) is 2.83. The summed E-state index contributed by atoms with van der Waals surface area (Å²) in [6.07, 6.45) is 1.55. The normalized spacial score (nSPS) is 9.71. The second-order valence-corrected chi connectivity index (χ2v) is 4.51. The van der Waals surface area contributed by atoms with E-state index >= 15 is 0 Å². The van der Waals surface area contributed by atoms with Crippen molar-refractivity contribution in [3.8, 4) is 6.07 Å². The fourth-order valence-corrected chi connectivity index (χ4v) is 1.99. The summed E-state index contributed by atoms with van der Waals surface area (Å²) in [6.45, 7) is 2.04. The summed E-state index contributed by atoms with van der Waals surface area (Å²) < 4.78 is 0.989. The highest BCUT2D eigenvalue weighted by Crippen LogP contribution is 2.25. The van der Waals surface area contributed by atoms with Crippen LogP contribution in [0.4, 0.5) is 11.5 Å². The lowest BCUT2D eigenvalue weighted by Crippen LogP contribution is -1.94. The van der Waals surface area contributed by atoms with E-state index in [1.807, 2.05) is 31.2 Å². The molecule has 0 spiro atoms. The zero-order chi connectivity index (χ0) is 12.3. The Labute approximate surface area is 108 Å². The van der Waals surface area contributed by atoms with E-state index in [1.54, 1.807) is 18.3 Å². The number of benzene rings is 1. The third-order valence-electron chi connectivity index (χ3n) is 2.28. The molecule has 3 nitrogen and oxygen atoms in total. The van der Waals surface area contributed by atoms with Crippen molar-refractivity contribution in [2.45, 2.75) is 6.92 Å². The van der Waals surface area contributed by atoms with Crippen LogP contribution < -0.4 is 5.32 Å². The fourth-order valence-electron chi connectivity index (χ4n) is 1.39. The predicted octanol–water partition coefficient (Wildman–Crippen LogP) is 3.77. The molecule has 0 fully saturated rings. The van der Waals surface area contributed by atoms with Gasteiger partial charge in [0, 0.05) is 10.7 Å². The van der Waals surface area contributed by atoms with E-state index in [2.05, 4.69) is 26.2 Å². The molecule has 0 radical (unpaired) electrons. The number of anilines is 2. The van der Waals surface area contributed by atoms with Gasteiger partial charge in [-0.15, -0.1) is 0 Å². The zero-order valence-corrected chi connectivity index (χ0v) is 10.8. The van der Waals surface area contributed by atoms with E-state index in [9.17, 15) is 0 Å². The number of nitrogens with one attached hydrogen (secondary N) is 1. The Morgan fingerprint density at radius 3 is 2.71 bits per heavy atom. The highest BCUT2D eigenvalue weighted by atomic mass is 79.9. The molecule has 2 rings (SSSR count). The second-order valence-electron chi connectivity index (χ2n) is 3.65. The number of hydrogen-bond donors (Lipinski definition) is 1. The maximum atomic E-state index is 8.67. The van der Waals surface area contributed by atoms with Crippen LogP contribution in [0.2, 0.25) is 0 Å². The summed E-state index contributed by atoms with van der Waals surface area (Å²) in [7, 11) is 0. The van der Waals surface area contributed by atoms with E-state index in [0.29, 0.717) is 11.4 Å². The van der Waals surface area contributed by atoms with Gasteiger partial charge in [-0.25, -0.2) is 4.98 Å². The minimum atomic E-state index is 0.554. The maximum absolute atomic E-state index is 8.67. The van der Waals surface area contributed by atoms with Crippen molar-refractivity contribution in [3.05, 3.63) is 52.1 Å². The lowest BCUT2D eigenvalue weighted by molar-refractivity contribution is 1.28. The molecule has 2 aromatic rings. The van der Waals surface area contributed by atoms with Crippen molar-refractivity contribution in [1.82, 2.24) is 4.98 Å². The summed E-state index contributed by atoms with van der Waals surface area (Å²) in [5.74, 6) is 0.716. The molecule has 0 amide bonds. The molecule has 0 atom stereocenters. The Morgan fingerprint density at radius 1 is 1.29 bits per heavy atom. The highest BCUT2D eigenvalue weighted by Gasteiger charge is 2.01. The first-order valence-electron chi connectivity index (χ1n) is 5.08. The van der Waals surface area contributed by atoms with Crippen LogP contribution in [0, 0.1) is 18.3 Å². The quantitative estimate of drug-likeness (QED) is 0.915. The molecule has 1 N–H and O–H groups in total. The van der Waals surface area contributed by atoms with Crippen LogP contribution in [0.1, 0.15) is 11.1 Å². The highest BCUT2D eigenvalue weighted by molar-refractivity contribution is 9.10. The summed E-state index contributed by atoms with van der Waals surface area (Å²) >= 11 is 3.49. The van der Waals surface area contributed by atoms with Gasteiger partial charge in [0.05, 0.1) is 11.3 Å². The number of aryl methyl sites for hydroxylation is 1. The maximum Gasteiger partial charge on any atom is 0.130 e. The summed E-state index contributed by atoms with van der Waals surface area (Å²) in [5, 5.41) is 11.9. The van der Waals surface area contributed by atoms with Crippen LogP contribution in [-0.4, -0.2) is 4.98 Å². The van der Waals surface area contributed by atoms with Crippen molar-refractivity contribution in [2.24, 2.45) is 0 Å². The van der Waals surface area contributed by atoms with Gasteiger partial charge in [0.15, 0.2) is 0 Å². The van der Waals surface area contributed by atoms with Crippen molar-refractivity contribution in [1.29, 1.82) is 5.26 Å². The fraction of sp³-hybridized carbons (Fsp3) is 0.0769. The first-order chi connectivity index (χ1) is 8.19. The lowest BCUT2D eigenvalue weighted by atomic mass is 10.2. The Kier molecular flexibility index (Phi) is 3.40. The zero-order valence-electron chi connectivity index (χ0n) is 9.24. The number of hydrogen-bond acceptors (Lipinski definition) is 3. The molecule has 0 aliphatic heterocycles. The van der Waals surface area contributed by atoms with Crippen molar-refractivity contribution < 1.29 is 0 Å². The molecule has 17 heavy (non-hydrogen) atoms. The smallest absolute Gasteiger partial charge is 0.130 e. The van der Waals surface area contributed by atoms with Gasteiger partial charge in [-0.2, -0.15) is 5.26 Å². The van der Waals surface area contributed by atoms with E-state index < -0.39 is 0 Å². The van der Waals surface area contributed by atoms with Crippen LogP contribution in [0.25, 0.3) is 0 Å². The van der Waals surface area contributed by atoms with Crippen LogP contribution >= 0.6 is 15.9 Å². The molecule has 0 aliphatic carbocycles. The molecule has 84 valence electrons. The molecule has 1 heterocycles. The van der Waals surface area contributed by atoms with Crippen molar-refractivity contribution >= 4 is 27.4 Å². The average molecular weight is 288 g/mol. The van der Waals surface area contributed by atoms with Gasteiger partial charge in [-0.1, -0.05) is 6.07 Å². The standard InChI is InChI=1S/C13H10BrN3/c1-9-2-4-12(11(14)6-9)17-13-5-3-10(7-15)8-16-13/h2-6,8H,1H3,(H,16,17). The molecule has 0 unspecified atom stereocenters. The minimum Gasteiger partial charge on any atom is -0.339 e. The Balaban J connectivity index is 2.23. The van der Waals surface area contributed by atoms with Gasteiger partial charge in [-0.3, -0.25) is 0 Å². The van der Waals surface area contributed by atoms with Gasteiger partial charge in [-0.05, 0) is 52.7 Å². The molecular weight excluding hydrogens is 278 g/mol. The van der Waals surface area contributed by atoms with Gasteiger partial charge >= 0.3 is 0 Å². The van der Waals surface area contributed by atoms with E-state index in [-0.39, 0.29) is 0 Å². The molecule has 0 saturated heterocycles. The first kappa shape index (κ1) is 11.6. The SMILES string of the molecule is Cc1ccc(Nc2ccc(C#N)cn2)c(Br)c1. The predicted molar refractivity (Wildman–Crippen MR) is 71.1 cm³/mol. The average Bonchev–Trinajstić information content (AvgIpc) is 2.34. The lowest BCUT2D eigenvalue weighted by Gasteiger charge is -2.08. The van der Waals surface area contributed by atoms with Crippen molar-refractivity contribution in [3.63, 3.8) is 0 Å². The van der Waals surface area contributed by atoms with Gasteiger partial charge in [0.2, 0.25) is 0 Å². The van der Waals surface area contributed by atoms with Gasteiger partial charge in [0.1, 0.15) is 11.9 Å². The Morgan fingerprint density at radius 2 is 2.12 bits per heavy atom. The third-order valence-corrected chi connectivity index (χ3v) is 2.94. The topological polar surface area (TPSA) is 48.7 Å². The van der Waals surface area contributed by atoms with E-state index in [0.717, 1.165) is 10.2 Å². The second kappa shape index (κ2) is 4.98. The van der Waals surface area contributed by atoms with Gasteiger partial charge in [0.25, 0.3) is 0 Å². The number of pyridine rings is 1. The summed E-state index contributed by atoms with van der Waals surface area (Å²) in [4.78, 5) is 4.15. The molecule has 0 saturated carbocycles. The molecule has 0 bridgehead atoms. The number of rotatable bonds is 2. The number of nitriles is 1. The van der Waals surface area contributed by atoms with E-state index in [4.69, 9.17) is 5.26 Å². The Bertz CT molecular complexity index is 570. The van der Waals surface area contributed by atoms with Crippen molar-refractivity contribution in [2.75, 3.05) is 5.32 Å². The first-order valence-corrected chi connectivity index (χ1v) is 5.87. The number of aromatic nitrogens is 1. The summed E-state index contributed by atoms with van der Waals surface area (Å²) in [6, 6.07) is 11.6. The van der Waals surface area contributed by atoms with Crippen LogP contribution in [0.5, 0.6) is 0 Å². The number of nitrogens with zero attached hydrogens (tertiary/aromatic N) is 2. The molecule has 4 heteroatoms. The molecule has 0 aliphatic rings. The Hall–Kier alpha value is -1.86.